The Balaban J connectivity index is 0.00000392. The largest absolute Gasteiger partial charge is 0.379 e. The van der Waals surface area contributed by atoms with Crippen LogP contribution in [0, 0.1) is 0 Å². The number of rotatable bonds is 10. The minimum Gasteiger partial charge on any atom is -0.379 e. The Bertz CT molecular complexity index is 549. The van der Waals surface area contributed by atoms with Crippen molar-refractivity contribution in [3.63, 3.8) is 0 Å². The normalized spacial score (nSPS) is 15.8. The predicted molar refractivity (Wildman–Crippen MR) is 127 cm³/mol. The molecule has 160 valence electrons. The van der Waals surface area contributed by atoms with Gasteiger partial charge in [0.2, 0.25) is 0 Å². The number of hydrogen-bond acceptors (Lipinski definition) is 4. The molecule has 0 aliphatic carbocycles. The van der Waals surface area contributed by atoms with Crippen LogP contribution in [-0.4, -0.2) is 69.4 Å². The van der Waals surface area contributed by atoms with Crippen LogP contribution in [0.3, 0.4) is 0 Å². The summed E-state index contributed by atoms with van der Waals surface area (Å²) in [4.78, 5) is 6.80. The lowest BCUT2D eigenvalue weighted by Crippen LogP contribution is -2.56. The second kappa shape index (κ2) is 14.1. The number of nitrogens with one attached hydrogen (secondary N) is 2. The van der Waals surface area contributed by atoms with Gasteiger partial charge in [0.25, 0.3) is 0 Å². The molecule has 6 nitrogen and oxygen atoms in total. The number of benzene rings is 1. The van der Waals surface area contributed by atoms with Crippen molar-refractivity contribution in [2.24, 2.45) is 4.99 Å². The van der Waals surface area contributed by atoms with Gasteiger partial charge in [0, 0.05) is 45.4 Å². The van der Waals surface area contributed by atoms with Gasteiger partial charge in [-0.3, -0.25) is 9.89 Å². The second-order valence-electron chi connectivity index (χ2n) is 7.51. The first-order chi connectivity index (χ1) is 13.1. The first-order valence-electron chi connectivity index (χ1n) is 10.0. The van der Waals surface area contributed by atoms with Gasteiger partial charge in [-0.25, -0.2) is 0 Å². The molecular weight excluding hydrogens is 467 g/mol. The monoisotopic (exact) mass is 504 g/mol. The fourth-order valence-electron chi connectivity index (χ4n) is 3.10. The molecule has 1 aromatic carbocycles. The van der Waals surface area contributed by atoms with Gasteiger partial charge in [0.05, 0.1) is 19.8 Å². The molecule has 0 saturated carbocycles. The fourth-order valence-corrected chi connectivity index (χ4v) is 3.10. The molecule has 1 fully saturated rings. The topological polar surface area (TPSA) is 58.1 Å². The molecule has 0 radical (unpaired) electrons. The van der Waals surface area contributed by atoms with Crippen molar-refractivity contribution in [3.8, 4) is 0 Å². The summed E-state index contributed by atoms with van der Waals surface area (Å²) >= 11 is 0. The molecule has 0 bridgehead atoms. The fraction of sp³-hybridized carbons (Fsp3) is 0.667. The number of morpholine rings is 1. The molecule has 0 unspecified atom stereocenters. The van der Waals surface area contributed by atoms with Crippen LogP contribution in [0.2, 0.25) is 0 Å². The van der Waals surface area contributed by atoms with Gasteiger partial charge in [-0.1, -0.05) is 30.3 Å². The van der Waals surface area contributed by atoms with Crippen molar-refractivity contribution in [2.45, 2.75) is 38.8 Å². The minimum atomic E-state index is 0. The highest BCUT2D eigenvalue weighted by Crippen LogP contribution is 2.14. The Morgan fingerprint density at radius 1 is 1.14 bits per heavy atom. The Morgan fingerprint density at radius 2 is 1.86 bits per heavy atom. The maximum Gasteiger partial charge on any atom is 0.191 e. The van der Waals surface area contributed by atoms with Crippen LogP contribution >= 0.6 is 24.0 Å². The van der Waals surface area contributed by atoms with Gasteiger partial charge in [-0.15, -0.1) is 24.0 Å². The van der Waals surface area contributed by atoms with Crippen LogP contribution in [0.15, 0.2) is 35.3 Å². The van der Waals surface area contributed by atoms with Crippen molar-refractivity contribution in [3.05, 3.63) is 35.9 Å². The number of halogens is 1. The highest BCUT2D eigenvalue weighted by Gasteiger charge is 2.28. The predicted octanol–water partition coefficient (Wildman–Crippen LogP) is 2.88. The molecule has 1 aromatic rings. The number of unbranched alkanes of at least 4 members (excludes halogenated alkanes) is 1. The summed E-state index contributed by atoms with van der Waals surface area (Å²) in [5, 5.41) is 6.85. The zero-order valence-electron chi connectivity index (χ0n) is 17.6. The second-order valence-corrected chi connectivity index (χ2v) is 7.51. The van der Waals surface area contributed by atoms with Crippen LogP contribution in [-0.2, 0) is 16.1 Å². The van der Waals surface area contributed by atoms with Crippen LogP contribution < -0.4 is 10.6 Å². The molecule has 1 aliphatic heterocycles. The summed E-state index contributed by atoms with van der Waals surface area (Å²) in [7, 11) is 1.82. The third-order valence-corrected chi connectivity index (χ3v) is 4.90. The highest BCUT2D eigenvalue weighted by atomic mass is 127. The van der Waals surface area contributed by atoms with E-state index in [9.17, 15) is 0 Å². The number of guanidine groups is 1. The first kappa shape index (κ1) is 25.1. The maximum absolute atomic E-state index is 5.72. The van der Waals surface area contributed by atoms with Gasteiger partial charge in [0.1, 0.15) is 0 Å². The van der Waals surface area contributed by atoms with Crippen molar-refractivity contribution < 1.29 is 9.47 Å². The standard InChI is InChI=1S/C21H36N4O2.HI/c1-21(2,25-12-15-26-16-13-25)18-24-20(22-3)23-11-7-8-14-27-17-19-9-5-4-6-10-19;/h4-6,9-10H,7-8,11-18H2,1-3H3,(H2,22,23,24);1H. The molecule has 1 aliphatic rings. The SMILES string of the molecule is CN=C(NCCCCOCc1ccccc1)NCC(C)(C)N1CCOCC1.I. The smallest absolute Gasteiger partial charge is 0.191 e. The molecule has 28 heavy (non-hydrogen) atoms. The van der Waals surface area contributed by atoms with E-state index in [2.05, 4.69) is 46.5 Å². The molecular formula is C21H37IN4O2. The third kappa shape index (κ3) is 9.54. The Morgan fingerprint density at radius 3 is 2.54 bits per heavy atom. The number of ether oxygens (including phenoxy) is 2. The first-order valence-corrected chi connectivity index (χ1v) is 10.0. The zero-order chi connectivity index (χ0) is 19.4. The summed E-state index contributed by atoms with van der Waals surface area (Å²) in [6, 6.07) is 10.3. The number of nitrogens with zero attached hydrogens (tertiary/aromatic N) is 2. The summed E-state index contributed by atoms with van der Waals surface area (Å²) in [5.41, 5.74) is 1.30. The molecule has 0 spiro atoms. The van der Waals surface area contributed by atoms with E-state index in [4.69, 9.17) is 9.47 Å². The van der Waals surface area contributed by atoms with E-state index in [1.165, 1.54) is 5.56 Å². The Hall–Kier alpha value is -0.900. The summed E-state index contributed by atoms with van der Waals surface area (Å²) < 4.78 is 11.2. The summed E-state index contributed by atoms with van der Waals surface area (Å²) in [6.07, 6.45) is 2.10. The Kier molecular flexibility index (Phi) is 12.7. The van der Waals surface area contributed by atoms with E-state index in [1.807, 2.05) is 25.2 Å². The summed E-state index contributed by atoms with van der Waals surface area (Å²) in [6.45, 7) is 11.4. The van der Waals surface area contributed by atoms with Gasteiger partial charge in [0.15, 0.2) is 5.96 Å². The van der Waals surface area contributed by atoms with Crippen LogP contribution in [0.5, 0.6) is 0 Å². The van der Waals surface area contributed by atoms with E-state index in [0.717, 1.165) is 64.8 Å². The molecule has 1 heterocycles. The van der Waals surface area contributed by atoms with Crippen molar-refractivity contribution in [1.29, 1.82) is 0 Å². The lowest BCUT2D eigenvalue weighted by molar-refractivity contribution is -0.00834. The average molecular weight is 504 g/mol. The van der Waals surface area contributed by atoms with Crippen molar-refractivity contribution >= 4 is 29.9 Å². The molecule has 0 atom stereocenters. The van der Waals surface area contributed by atoms with E-state index in [0.29, 0.717) is 6.61 Å². The molecule has 2 rings (SSSR count). The van der Waals surface area contributed by atoms with Gasteiger partial charge < -0.3 is 20.1 Å². The molecule has 1 saturated heterocycles. The van der Waals surface area contributed by atoms with E-state index >= 15 is 0 Å². The lowest BCUT2D eigenvalue weighted by Gasteiger charge is -2.41. The van der Waals surface area contributed by atoms with Gasteiger partial charge in [-0.05, 0) is 32.3 Å². The number of aliphatic imine (C=N–C) groups is 1. The van der Waals surface area contributed by atoms with Crippen molar-refractivity contribution in [2.75, 3.05) is 53.0 Å². The lowest BCUT2D eigenvalue weighted by atomic mass is 10.0. The molecule has 0 amide bonds. The molecule has 0 aromatic heterocycles. The number of hydrogen-bond donors (Lipinski definition) is 2. The van der Waals surface area contributed by atoms with E-state index in [1.54, 1.807) is 0 Å². The zero-order valence-corrected chi connectivity index (χ0v) is 19.9. The van der Waals surface area contributed by atoms with Crippen LogP contribution in [0.25, 0.3) is 0 Å². The quantitative estimate of drug-likeness (QED) is 0.222. The van der Waals surface area contributed by atoms with Crippen LogP contribution in [0.4, 0.5) is 0 Å². The summed E-state index contributed by atoms with van der Waals surface area (Å²) in [5.74, 6) is 0.863. The Labute approximate surface area is 187 Å². The van der Waals surface area contributed by atoms with E-state index in [-0.39, 0.29) is 29.5 Å². The average Bonchev–Trinajstić information content (AvgIpc) is 2.71. The maximum atomic E-state index is 5.72. The third-order valence-electron chi connectivity index (χ3n) is 4.90. The molecule has 2 N–H and O–H groups in total. The van der Waals surface area contributed by atoms with Crippen LogP contribution in [0.1, 0.15) is 32.3 Å². The van der Waals surface area contributed by atoms with E-state index < -0.39 is 0 Å². The molecule has 7 heteroatoms. The van der Waals surface area contributed by atoms with Crippen molar-refractivity contribution in [1.82, 2.24) is 15.5 Å². The van der Waals surface area contributed by atoms with Gasteiger partial charge >= 0.3 is 0 Å². The minimum absolute atomic E-state index is 0. The highest BCUT2D eigenvalue weighted by molar-refractivity contribution is 14.0. The van der Waals surface area contributed by atoms with Gasteiger partial charge in [-0.2, -0.15) is 0 Å².